The number of benzene rings is 1. The van der Waals surface area contributed by atoms with Gasteiger partial charge in [0.05, 0.1) is 0 Å². The van der Waals surface area contributed by atoms with Crippen LogP contribution in [0.4, 0.5) is 0 Å². The van der Waals surface area contributed by atoms with Crippen molar-refractivity contribution in [1.29, 1.82) is 0 Å². The highest BCUT2D eigenvalue weighted by Crippen LogP contribution is 2.22. The van der Waals surface area contributed by atoms with Crippen LogP contribution in [-0.4, -0.2) is 12.0 Å². The Morgan fingerprint density at radius 1 is 1.26 bits per heavy atom. The van der Waals surface area contributed by atoms with Gasteiger partial charge in [0.2, 0.25) is 5.88 Å². The number of ether oxygens (including phenoxy) is 1. The molecule has 0 saturated heterocycles. The number of halogens is 1. The van der Waals surface area contributed by atoms with Crippen LogP contribution in [0.1, 0.15) is 24.1 Å². The molecule has 0 saturated carbocycles. The molecule has 0 bridgehead atoms. The monoisotopic (exact) mass is 276 g/mol. The average Bonchev–Trinajstić information content (AvgIpc) is 2.46. The van der Waals surface area contributed by atoms with Crippen molar-refractivity contribution >= 4 is 11.6 Å². The Morgan fingerprint density at radius 3 is 2.68 bits per heavy atom. The zero-order valence-electron chi connectivity index (χ0n) is 11.1. The van der Waals surface area contributed by atoms with E-state index in [0.29, 0.717) is 12.5 Å². The lowest BCUT2D eigenvalue weighted by Gasteiger charge is -2.15. The van der Waals surface area contributed by atoms with Crippen LogP contribution in [0.3, 0.4) is 0 Å². The van der Waals surface area contributed by atoms with E-state index in [1.165, 1.54) is 0 Å². The van der Waals surface area contributed by atoms with Crippen LogP contribution in [0, 0.1) is 0 Å². The summed E-state index contributed by atoms with van der Waals surface area (Å²) in [7, 11) is 1.92. The van der Waals surface area contributed by atoms with Crippen molar-refractivity contribution in [2.45, 2.75) is 19.6 Å². The van der Waals surface area contributed by atoms with E-state index in [2.05, 4.69) is 17.2 Å². The Bertz CT molecular complexity index is 528. The molecule has 1 unspecified atom stereocenters. The first-order valence-corrected chi connectivity index (χ1v) is 6.58. The van der Waals surface area contributed by atoms with Crippen molar-refractivity contribution in [3.63, 3.8) is 0 Å². The Labute approximate surface area is 118 Å². The van der Waals surface area contributed by atoms with Crippen molar-refractivity contribution in [2.24, 2.45) is 0 Å². The molecule has 0 aliphatic heterocycles. The van der Waals surface area contributed by atoms with E-state index in [-0.39, 0.29) is 6.04 Å². The van der Waals surface area contributed by atoms with Gasteiger partial charge in [-0.25, -0.2) is 4.98 Å². The molecule has 19 heavy (non-hydrogen) atoms. The number of pyridine rings is 1. The largest absolute Gasteiger partial charge is 0.473 e. The smallest absolute Gasteiger partial charge is 0.218 e. The summed E-state index contributed by atoms with van der Waals surface area (Å²) in [4.78, 5) is 4.29. The number of hydrogen-bond acceptors (Lipinski definition) is 3. The minimum absolute atomic E-state index is 0.203. The molecule has 1 aromatic carbocycles. The topological polar surface area (TPSA) is 34.2 Å². The van der Waals surface area contributed by atoms with Gasteiger partial charge in [-0.1, -0.05) is 29.8 Å². The first-order chi connectivity index (χ1) is 9.20. The van der Waals surface area contributed by atoms with Gasteiger partial charge >= 0.3 is 0 Å². The van der Waals surface area contributed by atoms with Crippen LogP contribution in [-0.2, 0) is 6.61 Å². The van der Waals surface area contributed by atoms with E-state index in [1.54, 1.807) is 6.20 Å². The summed E-state index contributed by atoms with van der Waals surface area (Å²) in [6, 6.07) is 11.8. The summed E-state index contributed by atoms with van der Waals surface area (Å²) >= 11 is 5.85. The predicted molar refractivity (Wildman–Crippen MR) is 77.5 cm³/mol. The second-order valence-electron chi connectivity index (χ2n) is 4.32. The number of nitrogens with one attached hydrogen (secondary N) is 1. The molecule has 0 aliphatic carbocycles. The first-order valence-electron chi connectivity index (χ1n) is 6.20. The Kier molecular flexibility index (Phi) is 4.77. The maximum absolute atomic E-state index is 5.85. The highest BCUT2D eigenvalue weighted by atomic mass is 35.5. The van der Waals surface area contributed by atoms with Gasteiger partial charge in [-0.15, -0.1) is 0 Å². The SMILES string of the molecule is CNC(C)c1cccnc1OCc1ccc(Cl)cc1. The standard InChI is InChI=1S/C15H17ClN2O/c1-11(17-2)14-4-3-9-18-15(14)19-10-12-5-7-13(16)8-6-12/h3-9,11,17H,10H2,1-2H3. The molecular formula is C15H17ClN2O. The zero-order chi connectivity index (χ0) is 13.7. The lowest BCUT2D eigenvalue weighted by atomic mass is 10.1. The van der Waals surface area contributed by atoms with Crippen molar-refractivity contribution in [3.8, 4) is 5.88 Å². The highest BCUT2D eigenvalue weighted by molar-refractivity contribution is 6.30. The summed E-state index contributed by atoms with van der Waals surface area (Å²) < 4.78 is 5.79. The average molecular weight is 277 g/mol. The minimum atomic E-state index is 0.203. The van der Waals surface area contributed by atoms with Gasteiger partial charge in [-0.2, -0.15) is 0 Å². The van der Waals surface area contributed by atoms with Crippen LogP contribution in [0.15, 0.2) is 42.6 Å². The molecule has 1 heterocycles. The van der Waals surface area contributed by atoms with Crippen LogP contribution in [0.2, 0.25) is 5.02 Å². The molecule has 3 nitrogen and oxygen atoms in total. The Hall–Kier alpha value is -1.58. The van der Waals surface area contributed by atoms with Gasteiger partial charge in [0.25, 0.3) is 0 Å². The molecule has 2 aromatic rings. The fourth-order valence-electron chi connectivity index (χ4n) is 1.74. The van der Waals surface area contributed by atoms with Crippen LogP contribution < -0.4 is 10.1 Å². The summed E-state index contributed by atoms with van der Waals surface area (Å²) in [5, 5.41) is 3.92. The van der Waals surface area contributed by atoms with E-state index in [1.807, 2.05) is 43.4 Å². The van der Waals surface area contributed by atoms with Gasteiger partial charge in [0.15, 0.2) is 0 Å². The normalized spacial score (nSPS) is 12.2. The molecule has 1 N–H and O–H groups in total. The Balaban J connectivity index is 2.09. The quantitative estimate of drug-likeness (QED) is 0.906. The molecule has 0 fully saturated rings. The van der Waals surface area contributed by atoms with Crippen molar-refractivity contribution in [1.82, 2.24) is 10.3 Å². The Morgan fingerprint density at radius 2 is 2.00 bits per heavy atom. The van der Waals surface area contributed by atoms with Crippen LogP contribution in [0.25, 0.3) is 0 Å². The van der Waals surface area contributed by atoms with Gasteiger partial charge in [-0.3, -0.25) is 0 Å². The highest BCUT2D eigenvalue weighted by Gasteiger charge is 2.10. The third kappa shape index (κ3) is 3.69. The lowest BCUT2D eigenvalue weighted by molar-refractivity contribution is 0.287. The summed E-state index contributed by atoms with van der Waals surface area (Å²) in [6.45, 7) is 2.56. The number of nitrogens with zero attached hydrogens (tertiary/aromatic N) is 1. The van der Waals surface area contributed by atoms with E-state index < -0.39 is 0 Å². The second kappa shape index (κ2) is 6.55. The molecule has 100 valence electrons. The first kappa shape index (κ1) is 13.8. The van der Waals surface area contributed by atoms with Crippen molar-refractivity contribution in [3.05, 3.63) is 58.7 Å². The van der Waals surface area contributed by atoms with Gasteiger partial charge in [-0.05, 0) is 37.7 Å². The summed E-state index contributed by atoms with van der Waals surface area (Å²) in [5.41, 5.74) is 2.12. The third-order valence-electron chi connectivity index (χ3n) is 2.99. The van der Waals surface area contributed by atoms with Gasteiger partial charge < -0.3 is 10.1 Å². The molecular weight excluding hydrogens is 260 g/mol. The molecule has 2 rings (SSSR count). The summed E-state index contributed by atoms with van der Waals surface area (Å²) in [5.74, 6) is 0.666. The molecule has 0 aliphatic rings. The zero-order valence-corrected chi connectivity index (χ0v) is 11.8. The predicted octanol–water partition coefficient (Wildman–Crippen LogP) is 3.59. The number of hydrogen-bond donors (Lipinski definition) is 1. The molecule has 0 radical (unpaired) electrons. The van der Waals surface area contributed by atoms with E-state index >= 15 is 0 Å². The van der Waals surface area contributed by atoms with E-state index in [4.69, 9.17) is 16.3 Å². The number of aromatic nitrogens is 1. The molecule has 4 heteroatoms. The van der Waals surface area contributed by atoms with Gasteiger partial charge in [0.1, 0.15) is 6.61 Å². The molecule has 1 aromatic heterocycles. The minimum Gasteiger partial charge on any atom is -0.473 e. The maximum Gasteiger partial charge on any atom is 0.218 e. The summed E-state index contributed by atoms with van der Waals surface area (Å²) in [6.07, 6.45) is 1.74. The van der Waals surface area contributed by atoms with Crippen LogP contribution in [0.5, 0.6) is 5.88 Å². The fraction of sp³-hybridized carbons (Fsp3) is 0.267. The van der Waals surface area contributed by atoms with E-state index in [0.717, 1.165) is 16.1 Å². The van der Waals surface area contributed by atoms with Crippen molar-refractivity contribution in [2.75, 3.05) is 7.05 Å². The van der Waals surface area contributed by atoms with Crippen LogP contribution >= 0.6 is 11.6 Å². The van der Waals surface area contributed by atoms with E-state index in [9.17, 15) is 0 Å². The number of rotatable bonds is 5. The molecule has 1 atom stereocenters. The third-order valence-corrected chi connectivity index (χ3v) is 3.24. The maximum atomic E-state index is 5.85. The lowest BCUT2D eigenvalue weighted by Crippen LogP contribution is -2.14. The molecule has 0 spiro atoms. The fourth-order valence-corrected chi connectivity index (χ4v) is 1.87. The van der Waals surface area contributed by atoms with Gasteiger partial charge in [0, 0.05) is 22.8 Å². The second-order valence-corrected chi connectivity index (χ2v) is 4.76. The van der Waals surface area contributed by atoms with Crippen molar-refractivity contribution < 1.29 is 4.74 Å². The molecule has 0 amide bonds.